The summed E-state index contributed by atoms with van der Waals surface area (Å²) in [6, 6.07) is 0. The van der Waals surface area contributed by atoms with Crippen LogP contribution in [0.4, 0.5) is 0 Å². The maximum atomic E-state index is 10.7. The molecular weight excluding hydrogens is 152 g/mol. The Labute approximate surface area is 72.6 Å². The van der Waals surface area contributed by atoms with Crippen LogP contribution in [0.1, 0.15) is 26.2 Å². The minimum Gasteiger partial charge on any atom is -0.458 e. The summed E-state index contributed by atoms with van der Waals surface area (Å²) in [7, 11) is 0. The maximum Gasteiger partial charge on any atom is 0.303 e. The minimum atomic E-state index is -0.157. The summed E-state index contributed by atoms with van der Waals surface area (Å²) in [6.07, 6.45) is 8.05. The van der Waals surface area contributed by atoms with Gasteiger partial charge in [0.1, 0.15) is 6.10 Å². The van der Waals surface area contributed by atoms with Gasteiger partial charge < -0.3 is 4.74 Å². The molecule has 0 radical (unpaired) electrons. The second-order valence-corrected chi connectivity index (χ2v) is 3.79. The second kappa shape index (κ2) is 2.92. The maximum absolute atomic E-state index is 10.7. The summed E-state index contributed by atoms with van der Waals surface area (Å²) >= 11 is 0. The smallest absolute Gasteiger partial charge is 0.303 e. The normalized spacial score (nSPS) is 38.2. The Morgan fingerprint density at radius 1 is 1.42 bits per heavy atom. The number of fused-ring (bicyclic) bond motifs is 2. The summed E-state index contributed by atoms with van der Waals surface area (Å²) in [5, 5.41) is 0. The first kappa shape index (κ1) is 7.84. The van der Waals surface area contributed by atoms with Crippen molar-refractivity contribution in [3.63, 3.8) is 0 Å². The molecule has 66 valence electrons. The van der Waals surface area contributed by atoms with Crippen LogP contribution >= 0.6 is 0 Å². The molecule has 0 saturated heterocycles. The molecule has 3 atom stereocenters. The topological polar surface area (TPSA) is 26.3 Å². The SMILES string of the molecule is CC(=O)O[C@@H]1C=C[C@H]2CC[C@H]1C2. The molecule has 1 saturated carbocycles. The lowest BCUT2D eigenvalue weighted by molar-refractivity contribution is -0.146. The molecule has 2 heteroatoms. The molecule has 0 N–H and O–H groups in total. The Balaban J connectivity index is 2.02. The van der Waals surface area contributed by atoms with Crippen molar-refractivity contribution in [3.05, 3.63) is 12.2 Å². The fourth-order valence-electron chi connectivity index (χ4n) is 2.28. The Hall–Kier alpha value is -0.790. The van der Waals surface area contributed by atoms with Gasteiger partial charge in [0.2, 0.25) is 0 Å². The van der Waals surface area contributed by atoms with Crippen LogP contribution in [-0.4, -0.2) is 12.1 Å². The lowest BCUT2D eigenvalue weighted by Crippen LogP contribution is -2.24. The molecule has 2 aliphatic carbocycles. The highest BCUT2D eigenvalue weighted by atomic mass is 16.5. The van der Waals surface area contributed by atoms with E-state index in [1.54, 1.807) is 0 Å². The van der Waals surface area contributed by atoms with Crippen molar-refractivity contribution in [1.82, 2.24) is 0 Å². The fraction of sp³-hybridized carbons (Fsp3) is 0.700. The highest BCUT2D eigenvalue weighted by molar-refractivity contribution is 5.66. The van der Waals surface area contributed by atoms with E-state index in [1.807, 2.05) is 0 Å². The van der Waals surface area contributed by atoms with Crippen LogP contribution < -0.4 is 0 Å². The average molecular weight is 166 g/mol. The van der Waals surface area contributed by atoms with Crippen LogP contribution in [0.25, 0.3) is 0 Å². The van der Waals surface area contributed by atoms with Crippen molar-refractivity contribution in [2.75, 3.05) is 0 Å². The van der Waals surface area contributed by atoms with Gasteiger partial charge in [0, 0.05) is 12.8 Å². The van der Waals surface area contributed by atoms with Gasteiger partial charge in [-0.1, -0.05) is 6.08 Å². The van der Waals surface area contributed by atoms with Crippen LogP contribution in [0.3, 0.4) is 0 Å². The van der Waals surface area contributed by atoms with Gasteiger partial charge in [0.25, 0.3) is 0 Å². The number of allylic oxidation sites excluding steroid dienone is 1. The predicted octanol–water partition coefficient (Wildman–Crippen LogP) is 1.90. The van der Waals surface area contributed by atoms with E-state index in [0.717, 1.165) is 5.92 Å². The Bertz CT molecular complexity index is 220. The molecule has 1 fully saturated rings. The number of carbonyl (C=O) groups excluding carboxylic acids is 1. The van der Waals surface area contributed by atoms with Crippen LogP contribution in [-0.2, 0) is 9.53 Å². The largest absolute Gasteiger partial charge is 0.458 e. The van der Waals surface area contributed by atoms with E-state index in [9.17, 15) is 4.79 Å². The van der Waals surface area contributed by atoms with Crippen molar-refractivity contribution in [2.45, 2.75) is 32.3 Å². The summed E-state index contributed by atoms with van der Waals surface area (Å²) in [4.78, 5) is 10.7. The number of hydrogen-bond donors (Lipinski definition) is 0. The Morgan fingerprint density at radius 3 is 3.00 bits per heavy atom. The molecule has 2 aliphatic rings. The van der Waals surface area contributed by atoms with Crippen LogP contribution in [0.15, 0.2) is 12.2 Å². The van der Waals surface area contributed by atoms with E-state index in [0.29, 0.717) is 5.92 Å². The van der Waals surface area contributed by atoms with Gasteiger partial charge in [-0.3, -0.25) is 4.79 Å². The fourth-order valence-corrected chi connectivity index (χ4v) is 2.28. The minimum absolute atomic E-state index is 0.0706. The monoisotopic (exact) mass is 166 g/mol. The molecule has 0 unspecified atom stereocenters. The number of carbonyl (C=O) groups is 1. The molecule has 0 aliphatic heterocycles. The highest BCUT2D eigenvalue weighted by Gasteiger charge is 2.33. The van der Waals surface area contributed by atoms with Crippen molar-refractivity contribution in [1.29, 1.82) is 0 Å². The molecular formula is C10H14O2. The predicted molar refractivity (Wildman–Crippen MR) is 45.5 cm³/mol. The van der Waals surface area contributed by atoms with Gasteiger partial charge >= 0.3 is 5.97 Å². The molecule has 0 heterocycles. The van der Waals surface area contributed by atoms with Crippen LogP contribution in [0.5, 0.6) is 0 Å². The van der Waals surface area contributed by atoms with E-state index in [-0.39, 0.29) is 12.1 Å². The van der Waals surface area contributed by atoms with Crippen molar-refractivity contribution in [2.24, 2.45) is 11.8 Å². The third-order valence-electron chi connectivity index (χ3n) is 2.85. The number of rotatable bonds is 1. The van der Waals surface area contributed by atoms with Gasteiger partial charge in [0.05, 0.1) is 0 Å². The first-order chi connectivity index (χ1) is 5.75. The van der Waals surface area contributed by atoms with Gasteiger partial charge in [-0.05, 0) is 31.3 Å². The van der Waals surface area contributed by atoms with E-state index >= 15 is 0 Å². The lowest BCUT2D eigenvalue weighted by Gasteiger charge is -2.23. The average Bonchev–Trinajstić information content (AvgIpc) is 2.39. The van der Waals surface area contributed by atoms with E-state index < -0.39 is 0 Å². The van der Waals surface area contributed by atoms with E-state index in [4.69, 9.17) is 4.74 Å². The molecule has 0 spiro atoms. The Kier molecular flexibility index (Phi) is 1.91. The Morgan fingerprint density at radius 2 is 2.25 bits per heavy atom. The summed E-state index contributed by atoms with van der Waals surface area (Å²) < 4.78 is 5.20. The van der Waals surface area contributed by atoms with E-state index in [1.165, 1.54) is 26.2 Å². The number of hydrogen-bond acceptors (Lipinski definition) is 2. The van der Waals surface area contributed by atoms with Gasteiger partial charge in [-0.2, -0.15) is 0 Å². The zero-order chi connectivity index (χ0) is 8.55. The quantitative estimate of drug-likeness (QED) is 0.439. The summed E-state index contributed by atoms with van der Waals surface area (Å²) in [5.74, 6) is 1.21. The molecule has 0 amide bonds. The lowest BCUT2D eigenvalue weighted by atomic mass is 9.93. The third-order valence-corrected chi connectivity index (χ3v) is 2.85. The zero-order valence-corrected chi connectivity index (χ0v) is 7.32. The number of esters is 1. The standard InChI is InChI=1S/C10H14O2/c1-7(11)12-10-5-3-8-2-4-9(10)6-8/h3,5,8-10H,2,4,6H2,1H3/t8-,9+,10-/m1/s1. The summed E-state index contributed by atoms with van der Waals surface area (Å²) in [5.41, 5.74) is 0. The number of ether oxygens (including phenoxy) is 1. The van der Waals surface area contributed by atoms with E-state index in [2.05, 4.69) is 12.2 Å². The highest BCUT2D eigenvalue weighted by Crippen LogP contribution is 2.39. The van der Waals surface area contributed by atoms with Crippen LogP contribution in [0, 0.1) is 11.8 Å². The first-order valence-corrected chi connectivity index (χ1v) is 4.61. The van der Waals surface area contributed by atoms with Crippen molar-refractivity contribution >= 4 is 5.97 Å². The first-order valence-electron chi connectivity index (χ1n) is 4.61. The van der Waals surface area contributed by atoms with Crippen molar-refractivity contribution < 1.29 is 9.53 Å². The molecule has 0 aromatic heterocycles. The molecule has 2 nitrogen and oxygen atoms in total. The molecule has 2 bridgehead atoms. The summed E-state index contributed by atoms with van der Waals surface area (Å²) in [6.45, 7) is 1.48. The second-order valence-electron chi connectivity index (χ2n) is 3.79. The van der Waals surface area contributed by atoms with Crippen LogP contribution in [0.2, 0.25) is 0 Å². The molecule has 0 aromatic carbocycles. The van der Waals surface area contributed by atoms with Crippen molar-refractivity contribution in [3.8, 4) is 0 Å². The zero-order valence-electron chi connectivity index (χ0n) is 7.32. The van der Waals surface area contributed by atoms with Gasteiger partial charge in [-0.25, -0.2) is 0 Å². The van der Waals surface area contributed by atoms with Gasteiger partial charge in [0.15, 0.2) is 0 Å². The van der Waals surface area contributed by atoms with Gasteiger partial charge in [-0.15, -0.1) is 0 Å². The molecule has 2 rings (SSSR count). The third kappa shape index (κ3) is 1.38. The molecule has 0 aromatic rings. The molecule has 12 heavy (non-hydrogen) atoms.